The Kier molecular flexibility index (Phi) is 3.97. The van der Waals surface area contributed by atoms with Crippen LogP contribution in [0.4, 0.5) is 0 Å². The van der Waals surface area contributed by atoms with Crippen LogP contribution in [0.2, 0.25) is 0 Å². The monoisotopic (exact) mass is 184 g/mol. The van der Waals surface area contributed by atoms with Crippen LogP contribution < -0.4 is 0 Å². The second kappa shape index (κ2) is 5.06. The van der Waals surface area contributed by atoms with Gasteiger partial charge in [0.05, 0.1) is 6.61 Å². The van der Waals surface area contributed by atoms with E-state index in [1.807, 2.05) is 16.8 Å². The Morgan fingerprint density at radius 2 is 2.50 bits per heavy atom. The summed E-state index contributed by atoms with van der Waals surface area (Å²) in [7, 11) is 1.61. The number of hydrogen-bond donors (Lipinski definition) is 0. The fourth-order valence-electron chi connectivity index (χ4n) is 0.925. The Balaban J connectivity index is 2.27. The van der Waals surface area contributed by atoms with Crippen molar-refractivity contribution in [3.05, 3.63) is 22.4 Å². The number of ketones is 1. The predicted octanol–water partition coefficient (Wildman–Crippen LogP) is 1.90. The van der Waals surface area contributed by atoms with E-state index in [0.29, 0.717) is 19.4 Å². The second-order valence-electron chi connectivity index (χ2n) is 2.59. The molecule has 1 aromatic heterocycles. The number of carbonyl (C=O) groups excluding carboxylic acids is 1. The molecule has 0 amide bonds. The molecule has 12 heavy (non-hydrogen) atoms. The maximum atomic E-state index is 11.2. The van der Waals surface area contributed by atoms with Crippen LogP contribution in [-0.4, -0.2) is 19.5 Å². The fourth-order valence-corrected chi connectivity index (χ4v) is 1.59. The lowest BCUT2D eigenvalue weighted by atomic mass is 10.1. The van der Waals surface area contributed by atoms with Gasteiger partial charge in [-0.25, -0.2) is 0 Å². The van der Waals surface area contributed by atoms with Crippen LogP contribution in [0.15, 0.2) is 16.8 Å². The third-order valence-electron chi connectivity index (χ3n) is 1.57. The summed E-state index contributed by atoms with van der Waals surface area (Å²) < 4.78 is 4.81. The molecule has 1 aromatic rings. The van der Waals surface area contributed by atoms with Gasteiger partial charge in [-0.15, -0.1) is 0 Å². The van der Waals surface area contributed by atoms with E-state index in [1.54, 1.807) is 18.4 Å². The van der Waals surface area contributed by atoms with Crippen LogP contribution in [0.5, 0.6) is 0 Å². The first-order chi connectivity index (χ1) is 5.83. The summed E-state index contributed by atoms with van der Waals surface area (Å²) in [5, 5.41) is 3.99. The second-order valence-corrected chi connectivity index (χ2v) is 3.37. The number of thiophene rings is 1. The molecule has 0 saturated heterocycles. The first kappa shape index (κ1) is 9.42. The van der Waals surface area contributed by atoms with Gasteiger partial charge in [0.1, 0.15) is 5.78 Å². The summed E-state index contributed by atoms with van der Waals surface area (Å²) >= 11 is 1.62. The summed E-state index contributed by atoms with van der Waals surface area (Å²) in [5.74, 6) is 0.246. The summed E-state index contributed by atoms with van der Waals surface area (Å²) in [6, 6.07) is 1.98. The fraction of sp³-hybridized carbons (Fsp3) is 0.444. The first-order valence-electron chi connectivity index (χ1n) is 3.84. The van der Waals surface area contributed by atoms with Crippen molar-refractivity contribution < 1.29 is 9.53 Å². The van der Waals surface area contributed by atoms with Crippen molar-refractivity contribution in [1.82, 2.24) is 0 Å². The average Bonchev–Trinajstić information content (AvgIpc) is 2.53. The number of ether oxygens (including phenoxy) is 1. The van der Waals surface area contributed by atoms with Crippen LogP contribution in [0.1, 0.15) is 12.0 Å². The number of rotatable bonds is 5. The molecule has 66 valence electrons. The summed E-state index contributed by atoms with van der Waals surface area (Å²) in [5.41, 5.74) is 1.11. The third-order valence-corrected chi connectivity index (χ3v) is 2.30. The Labute approximate surface area is 76.2 Å². The number of Topliss-reactive ketones (excluding diaryl/α,β-unsaturated/α-hetero) is 1. The molecule has 1 rings (SSSR count). The molecule has 0 atom stereocenters. The zero-order valence-corrected chi connectivity index (χ0v) is 7.89. The zero-order valence-electron chi connectivity index (χ0n) is 7.08. The quantitative estimate of drug-likeness (QED) is 0.698. The van der Waals surface area contributed by atoms with Gasteiger partial charge in [0.15, 0.2) is 0 Å². The Morgan fingerprint density at radius 3 is 3.08 bits per heavy atom. The van der Waals surface area contributed by atoms with Crippen LogP contribution in [0.25, 0.3) is 0 Å². The van der Waals surface area contributed by atoms with E-state index in [2.05, 4.69) is 0 Å². The van der Waals surface area contributed by atoms with E-state index < -0.39 is 0 Å². The minimum absolute atomic E-state index is 0.246. The molecule has 0 fully saturated rings. The normalized spacial score (nSPS) is 10.1. The minimum atomic E-state index is 0.246. The van der Waals surface area contributed by atoms with Gasteiger partial charge in [-0.2, -0.15) is 11.3 Å². The van der Waals surface area contributed by atoms with Crippen LogP contribution in [0.3, 0.4) is 0 Å². The number of carbonyl (C=O) groups is 1. The van der Waals surface area contributed by atoms with Crippen LogP contribution in [-0.2, 0) is 16.0 Å². The molecule has 0 saturated carbocycles. The summed E-state index contributed by atoms with van der Waals surface area (Å²) in [4.78, 5) is 11.2. The molecule has 0 radical (unpaired) electrons. The smallest absolute Gasteiger partial charge is 0.139 e. The highest BCUT2D eigenvalue weighted by Crippen LogP contribution is 2.07. The van der Waals surface area contributed by atoms with Gasteiger partial charge in [-0.05, 0) is 22.4 Å². The van der Waals surface area contributed by atoms with Crippen LogP contribution in [0, 0.1) is 0 Å². The standard InChI is InChI=1S/C9H12O2S/c1-11-4-2-9(10)6-8-3-5-12-7-8/h3,5,7H,2,4,6H2,1H3. The Morgan fingerprint density at radius 1 is 1.67 bits per heavy atom. The molecule has 0 aliphatic rings. The lowest BCUT2D eigenvalue weighted by Crippen LogP contribution is -2.05. The van der Waals surface area contributed by atoms with Crippen molar-refractivity contribution in [3.63, 3.8) is 0 Å². The minimum Gasteiger partial charge on any atom is -0.384 e. The SMILES string of the molecule is COCCC(=O)Cc1ccsc1. The molecule has 0 aliphatic heterocycles. The van der Waals surface area contributed by atoms with Gasteiger partial charge < -0.3 is 4.74 Å². The zero-order chi connectivity index (χ0) is 8.81. The Hall–Kier alpha value is -0.670. The molecule has 0 unspecified atom stereocenters. The molecule has 0 aliphatic carbocycles. The van der Waals surface area contributed by atoms with Crippen molar-refractivity contribution in [2.75, 3.05) is 13.7 Å². The van der Waals surface area contributed by atoms with Gasteiger partial charge in [0, 0.05) is 20.0 Å². The van der Waals surface area contributed by atoms with E-state index in [9.17, 15) is 4.79 Å². The molecule has 0 bridgehead atoms. The highest BCUT2D eigenvalue weighted by atomic mass is 32.1. The van der Waals surface area contributed by atoms with E-state index in [4.69, 9.17) is 4.74 Å². The van der Waals surface area contributed by atoms with Crippen molar-refractivity contribution in [3.8, 4) is 0 Å². The highest BCUT2D eigenvalue weighted by molar-refractivity contribution is 7.07. The molecule has 0 spiro atoms. The molecule has 2 nitrogen and oxygen atoms in total. The molecular weight excluding hydrogens is 172 g/mol. The third kappa shape index (κ3) is 3.15. The van der Waals surface area contributed by atoms with E-state index in [-0.39, 0.29) is 5.78 Å². The van der Waals surface area contributed by atoms with Gasteiger partial charge in [-0.3, -0.25) is 4.79 Å². The summed E-state index contributed by atoms with van der Waals surface area (Å²) in [6.07, 6.45) is 1.07. The highest BCUT2D eigenvalue weighted by Gasteiger charge is 2.02. The van der Waals surface area contributed by atoms with Crippen molar-refractivity contribution in [2.24, 2.45) is 0 Å². The topological polar surface area (TPSA) is 26.3 Å². The molecule has 0 N–H and O–H groups in total. The summed E-state index contributed by atoms with van der Waals surface area (Å²) in [6.45, 7) is 0.531. The lowest BCUT2D eigenvalue weighted by molar-refractivity contribution is -0.119. The maximum Gasteiger partial charge on any atom is 0.139 e. The number of methoxy groups -OCH3 is 1. The van der Waals surface area contributed by atoms with E-state index in [0.717, 1.165) is 5.56 Å². The Bertz CT molecular complexity index is 229. The predicted molar refractivity (Wildman–Crippen MR) is 49.5 cm³/mol. The van der Waals surface area contributed by atoms with Crippen molar-refractivity contribution in [1.29, 1.82) is 0 Å². The first-order valence-corrected chi connectivity index (χ1v) is 4.79. The molecule has 0 aromatic carbocycles. The van der Waals surface area contributed by atoms with Gasteiger partial charge >= 0.3 is 0 Å². The van der Waals surface area contributed by atoms with Crippen molar-refractivity contribution >= 4 is 17.1 Å². The molecule has 1 heterocycles. The van der Waals surface area contributed by atoms with Crippen molar-refractivity contribution in [2.45, 2.75) is 12.8 Å². The van der Waals surface area contributed by atoms with Gasteiger partial charge in [0.25, 0.3) is 0 Å². The largest absolute Gasteiger partial charge is 0.384 e. The average molecular weight is 184 g/mol. The van der Waals surface area contributed by atoms with Gasteiger partial charge in [-0.1, -0.05) is 0 Å². The van der Waals surface area contributed by atoms with E-state index in [1.165, 1.54) is 0 Å². The number of hydrogen-bond acceptors (Lipinski definition) is 3. The van der Waals surface area contributed by atoms with Crippen LogP contribution >= 0.6 is 11.3 Å². The van der Waals surface area contributed by atoms with Gasteiger partial charge in [0.2, 0.25) is 0 Å². The lowest BCUT2D eigenvalue weighted by Gasteiger charge is -1.97. The van der Waals surface area contributed by atoms with E-state index >= 15 is 0 Å². The molecular formula is C9H12O2S. The molecule has 3 heteroatoms. The maximum absolute atomic E-state index is 11.2.